The number of hydrogen-bond acceptors (Lipinski definition) is 4. The first-order valence-corrected chi connectivity index (χ1v) is 4.31. The summed E-state index contributed by atoms with van der Waals surface area (Å²) in [4.78, 5) is 4.01. The largest absolute Gasteiger partial charge is 0.371 e. The molecule has 0 aliphatic carbocycles. The fraction of sp³-hybridized carbons (Fsp3) is 0.714. The van der Waals surface area contributed by atoms with Crippen molar-refractivity contribution in [1.29, 1.82) is 0 Å². The molecule has 5 heteroatoms. The second kappa shape index (κ2) is 4.42. The molecule has 1 rings (SSSR count). The lowest BCUT2D eigenvalue weighted by molar-refractivity contribution is 0.0683. The fourth-order valence-corrected chi connectivity index (χ4v) is 0.921. The Labute approximate surface area is 75.9 Å². The van der Waals surface area contributed by atoms with Crippen molar-refractivity contribution in [2.24, 2.45) is 0 Å². The van der Waals surface area contributed by atoms with Gasteiger partial charge in [0.2, 0.25) is 5.89 Å². The Kier molecular flexibility index (Phi) is 3.49. The van der Waals surface area contributed by atoms with Gasteiger partial charge in [0.15, 0.2) is 5.82 Å². The summed E-state index contributed by atoms with van der Waals surface area (Å²) in [6, 6.07) is 0. The van der Waals surface area contributed by atoms with E-state index in [4.69, 9.17) is 20.9 Å². The van der Waals surface area contributed by atoms with Crippen LogP contribution >= 0.6 is 11.6 Å². The Hall–Kier alpha value is -0.610. The molecule has 0 aliphatic rings. The highest BCUT2D eigenvalue weighted by atomic mass is 35.5. The first-order chi connectivity index (χ1) is 5.77. The third-order valence-corrected chi connectivity index (χ3v) is 1.61. The number of halogens is 1. The molecule has 0 radical (unpaired) electrons. The number of aromatic nitrogens is 2. The van der Waals surface area contributed by atoms with Gasteiger partial charge in [-0.1, -0.05) is 5.16 Å². The molecule has 0 fully saturated rings. The topological polar surface area (TPSA) is 48.2 Å². The smallest absolute Gasteiger partial charge is 0.241 e. The molecule has 1 heterocycles. The number of ether oxygens (including phenoxy) is 1. The van der Waals surface area contributed by atoms with Crippen molar-refractivity contribution in [3.8, 4) is 0 Å². The van der Waals surface area contributed by atoms with Crippen molar-refractivity contribution < 1.29 is 9.26 Å². The maximum Gasteiger partial charge on any atom is 0.241 e. The van der Waals surface area contributed by atoms with E-state index in [1.807, 2.05) is 13.8 Å². The third kappa shape index (κ3) is 2.19. The zero-order valence-corrected chi connectivity index (χ0v) is 7.84. The highest BCUT2D eigenvalue weighted by molar-refractivity contribution is 6.16. The van der Waals surface area contributed by atoms with E-state index in [0.29, 0.717) is 18.3 Å². The van der Waals surface area contributed by atoms with E-state index in [1.54, 1.807) is 0 Å². The van der Waals surface area contributed by atoms with Crippen molar-refractivity contribution in [2.75, 3.05) is 6.61 Å². The summed E-state index contributed by atoms with van der Waals surface area (Å²) in [6.45, 7) is 4.41. The second-order valence-corrected chi connectivity index (χ2v) is 2.54. The van der Waals surface area contributed by atoms with Crippen LogP contribution in [0.4, 0.5) is 0 Å². The average molecular weight is 191 g/mol. The van der Waals surface area contributed by atoms with Crippen molar-refractivity contribution in [1.82, 2.24) is 10.1 Å². The molecule has 0 aliphatic heterocycles. The normalized spacial score (nSPS) is 13.2. The lowest BCUT2D eigenvalue weighted by Gasteiger charge is -2.04. The number of rotatable bonds is 4. The maximum absolute atomic E-state index is 5.48. The Balaban J connectivity index is 2.61. The molecular weight excluding hydrogens is 180 g/mol. The minimum Gasteiger partial charge on any atom is -0.371 e. The van der Waals surface area contributed by atoms with Gasteiger partial charge in [0.1, 0.15) is 12.0 Å². The minimum absolute atomic E-state index is 0.129. The predicted molar refractivity (Wildman–Crippen MR) is 43.9 cm³/mol. The van der Waals surface area contributed by atoms with E-state index in [9.17, 15) is 0 Å². The number of nitrogens with zero attached hydrogens (tertiary/aromatic N) is 2. The molecule has 0 unspecified atom stereocenters. The maximum atomic E-state index is 5.48. The standard InChI is InChI=1S/C7H11ClN2O2/c1-3-11-5(2)7-9-6(4-8)12-10-7/h5H,3-4H2,1-2H3/t5-/m1/s1. The molecular formula is C7H11ClN2O2. The Morgan fingerprint density at radius 1 is 1.67 bits per heavy atom. The van der Waals surface area contributed by atoms with E-state index in [1.165, 1.54) is 0 Å². The molecule has 0 bridgehead atoms. The molecule has 0 amide bonds. The van der Waals surface area contributed by atoms with Gasteiger partial charge in [-0.3, -0.25) is 0 Å². The summed E-state index contributed by atoms with van der Waals surface area (Å²) in [7, 11) is 0. The number of alkyl halides is 1. The molecule has 0 saturated heterocycles. The van der Waals surface area contributed by atoms with Gasteiger partial charge in [-0.25, -0.2) is 0 Å². The monoisotopic (exact) mass is 190 g/mol. The Bertz CT molecular complexity index is 239. The lowest BCUT2D eigenvalue weighted by atomic mass is 10.4. The first kappa shape index (κ1) is 9.48. The quantitative estimate of drug-likeness (QED) is 0.681. The fourth-order valence-electron chi connectivity index (χ4n) is 0.812. The molecule has 1 aromatic heterocycles. The molecule has 68 valence electrons. The summed E-state index contributed by atoms with van der Waals surface area (Å²) in [5.41, 5.74) is 0. The highest BCUT2D eigenvalue weighted by Crippen LogP contribution is 2.13. The van der Waals surface area contributed by atoms with Crippen molar-refractivity contribution in [3.05, 3.63) is 11.7 Å². The van der Waals surface area contributed by atoms with Gasteiger partial charge in [-0.2, -0.15) is 4.98 Å². The van der Waals surface area contributed by atoms with Crippen LogP contribution in [0.15, 0.2) is 4.52 Å². The average Bonchev–Trinajstić information content (AvgIpc) is 2.52. The molecule has 0 N–H and O–H groups in total. The summed E-state index contributed by atoms with van der Waals surface area (Å²) >= 11 is 5.48. The molecule has 0 aromatic carbocycles. The van der Waals surface area contributed by atoms with Gasteiger partial charge in [0.05, 0.1) is 0 Å². The zero-order chi connectivity index (χ0) is 8.97. The predicted octanol–water partition coefficient (Wildman–Crippen LogP) is 1.91. The molecule has 0 spiro atoms. The molecule has 1 atom stereocenters. The first-order valence-electron chi connectivity index (χ1n) is 3.78. The highest BCUT2D eigenvalue weighted by Gasteiger charge is 2.12. The summed E-state index contributed by atoms with van der Waals surface area (Å²) in [6.07, 6.45) is -0.129. The summed E-state index contributed by atoms with van der Waals surface area (Å²) < 4.78 is 10.1. The van der Waals surface area contributed by atoms with Crippen LogP contribution in [0.25, 0.3) is 0 Å². The van der Waals surface area contributed by atoms with Gasteiger partial charge in [0.25, 0.3) is 0 Å². The van der Waals surface area contributed by atoms with Gasteiger partial charge in [0, 0.05) is 6.61 Å². The van der Waals surface area contributed by atoms with Crippen LogP contribution in [0.1, 0.15) is 31.7 Å². The van der Waals surface area contributed by atoms with Crippen LogP contribution in [-0.4, -0.2) is 16.7 Å². The summed E-state index contributed by atoms with van der Waals surface area (Å²) in [5, 5.41) is 3.71. The Morgan fingerprint density at radius 2 is 2.42 bits per heavy atom. The van der Waals surface area contributed by atoms with Crippen molar-refractivity contribution in [3.63, 3.8) is 0 Å². The van der Waals surface area contributed by atoms with Gasteiger partial charge < -0.3 is 9.26 Å². The SMILES string of the molecule is CCO[C@H](C)c1noc(CCl)n1. The lowest BCUT2D eigenvalue weighted by Crippen LogP contribution is -2.01. The van der Waals surface area contributed by atoms with E-state index < -0.39 is 0 Å². The summed E-state index contributed by atoms with van der Waals surface area (Å²) in [5.74, 6) is 1.22. The molecule has 1 aromatic rings. The zero-order valence-electron chi connectivity index (χ0n) is 7.08. The van der Waals surface area contributed by atoms with Gasteiger partial charge >= 0.3 is 0 Å². The third-order valence-electron chi connectivity index (χ3n) is 1.38. The van der Waals surface area contributed by atoms with E-state index in [-0.39, 0.29) is 12.0 Å². The van der Waals surface area contributed by atoms with Crippen molar-refractivity contribution >= 4 is 11.6 Å². The minimum atomic E-state index is -0.129. The van der Waals surface area contributed by atoms with Gasteiger partial charge in [-0.05, 0) is 13.8 Å². The van der Waals surface area contributed by atoms with Crippen LogP contribution in [0.5, 0.6) is 0 Å². The molecule has 12 heavy (non-hydrogen) atoms. The molecule has 0 saturated carbocycles. The van der Waals surface area contributed by atoms with Crippen LogP contribution in [0.2, 0.25) is 0 Å². The van der Waals surface area contributed by atoms with Gasteiger partial charge in [-0.15, -0.1) is 11.6 Å². The van der Waals surface area contributed by atoms with E-state index >= 15 is 0 Å². The van der Waals surface area contributed by atoms with E-state index in [2.05, 4.69) is 10.1 Å². The van der Waals surface area contributed by atoms with Crippen LogP contribution in [-0.2, 0) is 10.6 Å². The van der Waals surface area contributed by atoms with E-state index in [0.717, 1.165) is 0 Å². The van der Waals surface area contributed by atoms with Crippen LogP contribution < -0.4 is 0 Å². The van der Waals surface area contributed by atoms with Crippen molar-refractivity contribution in [2.45, 2.75) is 25.8 Å². The second-order valence-electron chi connectivity index (χ2n) is 2.28. The Morgan fingerprint density at radius 3 is 2.92 bits per heavy atom. The van der Waals surface area contributed by atoms with Crippen LogP contribution in [0, 0.1) is 0 Å². The number of hydrogen-bond donors (Lipinski definition) is 0. The molecule has 4 nitrogen and oxygen atoms in total. The van der Waals surface area contributed by atoms with Crippen LogP contribution in [0.3, 0.4) is 0 Å².